The van der Waals surface area contributed by atoms with Gasteiger partial charge in [-0.3, -0.25) is 0 Å². The van der Waals surface area contributed by atoms with E-state index in [0.29, 0.717) is 34.3 Å². The topological polar surface area (TPSA) is 91.3 Å². The van der Waals surface area contributed by atoms with Crippen molar-refractivity contribution in [3.63, 3.8) is 0 Å². The number of hydrogen-bond donors (Lipinski definition) is 1. The van der Waals surface area contributed by atoms with E-state index in [-0.39, 0.29) is 5.56 Å². The van der Waals surface area contributed by atoms with E-state index in [1.165, 1.54) is 13.2 Å². The zero-order chi connectivity index (χ0) is 27.6. The van der Waals surface area contributed by atoms with Gasteiger partial charge in [-0.15, -0.1) is 0 Å². The van der Waals surface area contributed by atoms with E-state index in [4.69, 9.17) is 30.5 Å². The molecule has 0 heterocycles. The number of carbonyl (C=O) groups excluding carboxylic acids is 2. The van der Waals surface area contributed by atoms with Gasteiger partial charge < -0.3 is 24.1 Å². The highest BCUT2D eigenvalue weighted by Gasteiger charge is 2.29. The van der Waals surface area contributed by atoms with E-state index < -0.39 is 30.8 Å². The summed E-state index contributed by atoms with van der Waals surface area (Å²) >= 11 is 6.03. The summed E-state index contributed by atoms with van der Waals surface area (Å²) in [7, 11) is 1.49. The maximum absolute atomic E-state index is 13.0. The van der Waals surface area contributed by atoms with Crippen LogP contribution < -0.4 is 9.47 Å². The summed E-state index contributed by atoms with van der Waals surface area (Å²) < 4.78 is 22.5. The Labute approximate surface area is 231 Å². The highest BCUT2D eigenvalue weighted by Crippen LogP contribution is 2.34. The van der Waals surface area contributed by atoms with Crippen molar-refractivity contribution in [3.05, 3.63) is 130 Å². The van der Waals surface area contributed by atoms with Gasteiger partial charge in [0.15, 0.2) is 17.6 Å². The number of aliphatic hydroxyl groups excluding tert-OH is 1. The van der Waals surface area contributed by atoms with Crippen LogP contribution in [0.25, 0.3) is 0 Å². The lowest BCUT2D eigenvalue weighted by Crippen LogP contribution is -2.29. The van der Waals surface area contributed by atoms with Gasteiger partial charge in [0, 0.05) is 5.02 Å². The van der Waals surface area contributed by atoms with Gasteiger partial charge in [-0.2, -0.15) is 0 Å². The maximum Gasteiger partial charge on any atom is 0.338 e. The van der Waals surface area contributed by atoms with E-state index in [1.807, 2.05) is 30.3 Å². The van der Waals surface area contributed by atoms with E-state index in [9.17, 15) is 14.7 Å². The molecule has 0 fully saturated rings. The minimum absolute atomic E-state index is 0.204. The lowest BCUT2D eigenvalue weighted by atomic mass is 10.0. The first kappa shape index (κ1) is 27.7. The second kappa shape index (κ2) is 13.5. The lowest BCUT2D eigenvalue weighted by molar-refractivity contribution is -0.0453. The van der Waals surface area contributed by atoms with Crippen molar-refractivity contribution in [2.75, 3.05) is 13.7 Å². The number of halogens is 1. The molecule has 0 saturated heterocycles. The van der Waals surface area contributed by atoms with Gasteiger partial charge in [-0.1, -0.05) is 72.3 Å². The molecule has 0 unspecified atom stereocenters. The third kappa shape index (κ3) is 7.60. The molecule has 0 amide bonds. The first-order chi connectivity index (χ1) is 18.9. The quantitative estimate of drug-likeness (QED) is 0.229. The molecule has 0 bridgehead atoms. The van der Waals surface area contributed by atoms with Gasteiger partial charge in [0.05, 0.1) is 18.2 Å². The van der Waals surface area contributed by atoms with Crippen LogP contribution in [0.5, 0.6) is 11.5 Å². The molecule has 0 aromatic heterocycles. The van der Waals surface area contributed by atoms with Gasteiger partial charge in [0.1, 0.15) is 19.3 Å². The highest BCUT2D eigenvalue weighted by atomic mass is 35.5. The van der Waals surface area contributed by atoms with E-state index in [1.54, 1.807) is 66.7 Å². The average Bonchev–Trinajstić information content (AvgIpc) is 2.98. The van der Waals surface area contributed by atoms with E-state index >= 15 is 0 Å². The zero-order valence-electron chi connectivity index (χ0n) is 21.2. The zero-order valence-corrected chi connectivity index (χ0v) is 21.9. The van der Waals surface area contributed by atoms with Gasteiger partial charge in [0.2, 0.25) is 0 Å². The minimum atomic E-state index is -1.39. The van der Waals surface area contributed by atoms with Crippen LogP contribution in [-0.2, 0) is 16.1 Å². The summed E-state index contributed by atoms with van der Waals surface area (Å²) in [5.41, 5.74) is 1.93. The van der Waals surface area contributed by atoms with Crippen LogP contribution in [0.15, 0.2) is 103 Å². The van der Waals surface area contributed by atoms with Crippen LogP contribution in [0.1, 0.15) is 37.9 Å². The summed E-state index contributed by atoms with van der Waals surface area (Å²) in [4.78, 5) is 25.4. The fourth-order valence-corrected chi connectivity index (χ4v) is 3.98. The number of carbonyl (C=O) groups is 2. The number of ether oxygens (including phenoxy) is 4. The standard InChI is InChI=1S/C31H27ClO7/c1-36-28-18-23(15-16-27(28)37-19-21-9-4-2-5-10-21)29(39-31(35)24-13-8-14-25(32)17-24)26(33)20-38-30(34)22-11-6-3-7-12-22/h2-18,26,29,33H,19-20H2,1H3/t26-,29+/m1/s1. The Kier molecular flexibility index (Phi) is 9.56. The summed E-state index contributed by atoms with van der Waals surface area (Å²) in [6.45, 7) is -0.0996. The van der Waals surface area contributed by atoms with E-state index in [0.717, 1.165) is 5.56 Å². The highest BCUT2D eigenvalue weighted by molar-refractivity contribution is 6.30. The fraction of sp³-hybridized carbons (Fsp3) is 0.161. The summed E-state index contributed by atoms with van der Waals surface area (Å²) in [6.07, 6.45) is -2.58. The predicted octanol–water partition coefficient (Wildman–Crippen LogP) is 6.04. The number of esters is 2. The smallest absolute Gasteiger partial charge is 0.338 e. The van der Waals surface area contributed by atoms with Crippen molar-refractivity contribution >= 4 is 23.5 Å². The Morgan fingerprint density at radius 1 is 0.795 bits per heavy atom. The second-order valence-corrected chi connectivity index (χ2v) is 8.99. The molecule has 4 rings (SSSR count). The molecule has 4 aromatic rings. The molecule has 0 saturated carbocycles. The summed E-state index contributed by atoms with van der Waals surface area (Å²) in [5, 5.41) is 11.4. The Balaban J connectivity index is 1.55. The molecule has 0 radical (unpaired) electrons. The van der Waals surface area contributed by atoms with Gasteiger partial charge >= 0.3 is 11.9 Å². The van der Waals surface area contributed by atoms with Crippen molar-refractivity contribution in [1.29, 1.82) is 0 Å². The number of hydrogen-bond acceptors (Lipinski definition) is 7. The molecule has 0 aliphatic heterocycles. The fourth-order valence-electron chi connectivity index (χ4n) is 3.79. The van der Waals surface area contributed by atoms with Crippen molar-refractivity contribution in [2.24, 2.45) is 0 Å². The molecule has 4 aromatic carbocycles. The van der Waals surface area contributed by atoms with Crippen LogP contribution in [0.3, 0.4) is 0 Å². The molecule has 0 aliphatic rings. The largest absolute Gasteiger partial charge is 0.493 e. The van der Waals surface area contributed by atoms with Gasteiger partial charge in [-0.25, -0.2) is 9.59 Å². The lowest BCUT2D eigenvalue weighted by Gasteiger charge is -2.24. The molecule has 1 N–H and O–H groups in total. The third-order valence-electron chi connectivity index (χ3n) is 5.79. The number of rotatable bonds is 11. The molecule has 200 valence electrons. The molecule has 0 aliphatic carbocycles. The van der Waals surface area contributed by atoms with Crippen molar-refractivity contribution in [2.45, 2.75) is 18.8 Å². The molecular formula is C31H27ClO7. The van der Waals surface area contributed by atoms with Gasteiger partial charge in [-0.05, 0) is 53.6 Å². The first-order valence-electron chi connectivity index (χ1n) is 12.2. The van der Waals surface area contributed by atoms with E-state index in [2.05, 4.69) is 0 Å². The molecular weight excluding hydrogens is 520 g/mol. The molecule has 0 spiro atoms. The van der Waals surface area contributed by atoms with Crippen molar-refractivity contribution in [1.82, 2.24) is 0 Å². The minimum Gasteiger partial charge on any atom is -0.493 e. The first-order valence-corrected chi connectivity index (χ1v) is 12.5. The van der Waals surface area contributed by atoms with Gasteiger partial charge in [0.25, 0.3) is 0 Å². The molecule has 2 atom stereocenters. The van der Waals surface area contributed by atoms with Crippen LogP contribution in [0.4, 0.5) is 0 Å². The van der Waals surface area contributed by atoms with Crippen molar-refractivity contribution in [3.8, 4) is 11.5 Å². The molecule has 39 heavy (non-hydrogen) atoms. The maximum atomic E-state index is 13.0. The third-order valence-corrected chi connectivity index (χ3v) is 6.03. The van der Waals surface area contributed by atoms with Crippen LogP contribution in [-0.4, -0.2) is 36.9 Å². The molecule has 8 heteroatoms. The Bertz CT molecular complexity index is 1390. The summed E-state index contributed by atoms with van der Waals surface area (Å²) in [5.74, 6) is -0.480. The van der Waals surface area contributed by atoms with Crippen LogP contribution >= 0.6 is 11.6 Å². The number of methoxy groups -OCH3 is 1. The van der Waals surface area contributed by atoms with Crippen LogP contribution in [0, 0.1) is 0 Å². The Hall–Kier alpha value is -4.33. The predicted molar refractivity (Wildman–Crippen MR) is 146 cm³/mol. The molecule has 7 nitrogen and oxygen atoms in total. The van der Waals surface area contributed by atoms with Crippen molar-refractivity contribution < 1.29 is 33.6 Å². The SMILES string of the molecule is COc1cc([C@H](OC(=O)c2cccc(Cl)c2)[C@H](O)COC(=O)c2ccccc2)ccc1OCc1ccccc1. The monoisotopic (exact) mass is 546 g/mol. The summed E-state index contributed by atoms with van der Waals surface area (Å²) in [6, 6.07) is 29.2. The van der Waals surface area contributed by atoms with Crippen LogP contribution in [0.2, 0.25) is 5.02 Å². The Morgan fingerprint density at radius 3 is 2.18 bits per heavy atom. The number of benzene rings is 4. The normalized spacial score (nSPS) is 12.2. The number of aliphatic hydroxyl groups is 1. The second-order valence-electron chi connectivity index (χ2n) is 8.55. The Morgan fingerprint density at radius 2 is 1.49 bits per heavy atom. The average molecular weight is 547 g/mol.